The van der Waals surface area contributed by atoms with Gasteiger partial charge in [-0.1, -0.05) is 18.9 Å². The fourth-order valence-corrected chi connectivity index (χ4v) is 4.90. The molecule has 1 aromatic carbocycles. The second-order valence-electron chi connectivity index (χ2n) is 5.91. The Hall–Kier alpha value is -0.940. The third-order valence-corrected chi connectivity index (χ3v) is 6.20. The van der Waals surface area contributed by atoms with Crippen molar-refractivity contribution < 1.29 is 17.5 Å². The Morgan fingerprint density at radius 2 is 2.00 bits per heavy atom. The Balaban J connectivity index is 1.71. The van der Waals surface area contributed by atoms with Crippen molar-refractivity contribution in [3.05, 3.63) is 30.1 Å². The average molecular weight is 298 g/mol. The minimum absolute atomic E-state index is 0.0434. The SMILES string of the molecule is O=S(=O)(CC1CCC2(CCCC2)O1)c1cccc(F)c1. The lowest BCUT2D eigenvalue weighted by Gasteiger charge is -2.23. The van der Waals surface area contributed by atoms with Crippen molar-refractivity contribution in [1.29, 1.82) is 0 Å². The van der Waals surface area contributed by atoms with Crippen LogP contribution in [0.2, 0.25) is 0 Å². The van der Waals surface area contributed by atoms with Gasteiger partial charge in [0.05, 0.1) is 22.4 Å². The Kier molecular flexibility index (Phi) is 3.58. The van der Waals surface area contributed by atoms with Crippen LogP contribution in [0, 0.1) is 5.82 Å². The van der Waals surface area contributed by atoms with E-state index in [2.05, 4.69) is 0 Å². The van der Waals surface area contributed by atoms with Gasteiger partial charge in [-0.15, -0.1) is 0 Å². The second kappa shape index (κ2) is 5.11. The molecule has 1 aromatic rings. The van der Waals surface area contributed by atoms with Gasteiger partial charge < -0.3 is 4.74 Å². The fourth-order valence-electron chi connectivity index (χ4n) is 3.40. The Morgan fingerprint density at radius 3 is 2.70 bits per heavy atom. The van der Waals surface area contributed by atoms with Gasteiger partial charge in [0.15, 0.2) is 9.84 Å². The maximum absolute atomic E-state index is 13.2. The molecule has 2 aliphatic rings. The van der Waals surface area contributed by atoms with Gasteiger partial charge in [-0.2, -0.15) is 0 Å². The van der Waals surface area contributed by atoms with Crippen LogP contribution >= 0.6 is 0 Å². The molecule has 0 N–H and O–H groups in total. The zero-order chi connectivity index (χ0) is 14.2. The zero-order valence-corrected chi connectivity index (χ0v) is 12.2. The molecule has 0 amide bonds. The van der Waals surface area contributed by atoms with Gasteiger partial charge >= 0.3 is 0 Å². The summed E-state index contributed by atoms with van der Waals surface area (Å²) in [7, 11) is -3.48. The molecule has 1 saturated carbocycles. The van der Waals surface area contributed by atoms with E-state index in [9.17, 15) is 12.8 Å². The quantitative estimate of drug-likeness (QED) is 0.861. The van der Waals surface area contributed by atoms with Crippen molar-refractivity contribution in [1.82, 2.24) is 0 Å². The summed E-state index contributed by atoms with van der Waals surface area (Å²) in [6.45, 7) is 0. The van der Waals surface area contributed by atoms with Gasteiger partial charge in [-0.3, -0.25) is 0 Å². The molecule has 1 saturated heterocycles. The van der Waals surface area contributed by atoms with Crippen molar-refractivity contribution in [2.24, 2.45) is 0 Å². The van der Waals surface area contributed by atoms with Crippen LogP contribution in [0.3, 0.4) is 0 Å². The molecule has 110 valence electrons. The minimum atomic E-state index is -3.48. The van der Waals surface area contributed by atoms with Crippen molar-refractivity contribution in [3.8, 4) is 0 Å². The van der Waals surface area contributed by atoms with Gasteiger partial charge in [-0.25, -0.2) is 12.8 Å². The van der Waals surface area contributed by atoms with Crippen molar-refractivity contribution in [2.45, 2.75) is 55.1 Å². The van der Waals surface area contributed by atoms with Crippen molar-refractivity contribution >= 4 is 9.84 Å². The zero-order valence-electron chi connectivity index (χ0n) is 11.3. The Bertz CT molecular complexity index is 591. The lowest BCUT2D eigenvalue weighted by Crippen LogP contribution is -2.28. The molecule has 20 heavy (non-hydrogen) atoms. The van der Waals surface area contributed by atoms with E-state index >= 15 is 0 Å². The van der Waals surface area contributed by atoms with E-state index in [1.807, 2.05) is 0 Å². The summed E-state index contributed by atoms with van der Waals surface area (Å²) in [6, 6.07) is 5.20. The van der Waals surface area contributed by atoms with Crippen LogP contribution in [-0.2, 0) is 14.6 Å². The van der Waals surface area contributed by atoms with E-state index < -0.39 is 15.7 Å². The number of hydrogen-bond acceptors (Lipinski definition) is 3. The number of sulfone groups is 1. The summed E-state index contributed by atoms with van der Waals surface area (Å²) in [5, 5.41) is 0. The maximum Gasteiger partial charge on any atom is 0.181 e. The first kappa shape index (κ1) is 14.0. The molecule has 3 rings (SSSR count). The number of rotatable bonds is 3. The van der Waals surface area contributed by atoms with Crippen LogP contribution in [0.1, 0.15) is 38.5 Å². The van der Waals surface area contributed by atoms with Gasteiger partial charge in [0.2, 0.25) is 0 Å². The topological polar surface area (TPSA) is 43.4 Å². The highest BCUT2D eigenvalue weighted by Gasteiger charge is 2.43. The summed E-state index contributed by atoms with van der Waals surface area (Å²) in [5.41, 5.74) is -0.0673. The highest BCUT2D eigenvalue weighted by molar-refractivity contribution is 7.91. The molecule has 1 aliphatic carbocycles. The van der Waals surface area contributed by atoms with Crippen LogP contribution in [0.15, 0.2) is 29.2 Å². The van der Waals surface area contributed by atoms with Crippen molar-refractivity contribution in [2.75, 3.05) is 5.75 Å². The molecule has 1 atom stereocenters. The van der Waals surface area contributed by atoms with E-state index in [4.69, 9.17) is 4.74 Å². The molecule has 0 aromatic heterocycles. The largest absolute Gasteiger partial charge is 0.371 e. The lowest BCUT2D eigenvalue weighted by molar-refractivity contribution is -0.0273. The van der Waals surface area contributed by atoms with Gasteiger partial charge in [-0.05, 0) is 43.9 Å². The van der Waals surface area contributed by atoms with Crippen LogP contribution < -0.4 is 0 Å². The van der Waals surface area contributed by atoms with E-state index in [1.165, 1.54) is 31.0 Å². The smallest absolute Gasteiger partial charge is 0.181 e. The minimum Gasteiger partial charge on any atom is -0.371 e. The first-order chi connectivity index (χ1) is 9.49. The number of benzene rings is 1. The predicted molar refractivity (Wildman–Crippen MR) is 73.8 cm³/mol. The number of halogens is 1. The first-order valence-corrected chi connectivity index (χ1v) is 8.81. The molecular weight excluding hydrogens is 279 g/mol. The van der Waals surface area contributed by atoms with Crippen LogP contribution in [0.5, 0.6) is 0 Å². The summed E-state index contributed by atoms with van der Waals surface area (Å²) in [4.78, 5) is 0.0495. The molecule has 2 fully saturated rings. The van der Waals surface area contributed by atoms with Gasteiger partial charge in [0, 0.05) is 0 Å². The third-order valence-electron chi connectivity index (χ3n) is 4.41. The molecule has 1 unspecified atom stereocenters. The summed E-state index contributed by atoms with van der Waals surface area (Å²) >= 11 is 0. The highest BCUT2D eigenvalue weighted by atomic mass is 32.2. The van der Waals surface area contributed by atoms with Crippen LogP contribution in [0.25, 0.3) is 0 Å². The maximum atomic E-state index is 13.2. The van der Waals surface area contributed by atoms with Gasteiger partial charge in [0.1, 0.15) is 5.82 Å². The average Bonchev–Trinajstić information content (AvgIpc) is 3.00. The fraction of sp³-hybridized carbons (Fsp3) is 0.600. The lowest BCUT2D eigenvalue weighted by atomic mass is 9.98. The summed E-state index contributed by atoms with van der Waals surface area (Å²) in [5.74, 6) is -0.566. The molecular formula is C15H19FO3S. The first-order valence-electron chi connectivity index (χ1n) is 7.15. The molecule has 1 heterocycles. The predicted octanol–water partition coefficient (Wildman–Crippen LogP) is 3.09. The van der Waals surface area contributed by atoms with E-state index in [0.717, 1.165) is 31.7 Å². The van der Waals surface area contributed by atoms with E-state index in [-0.39, 0.29) is 22.4 Å². The standard InChI is InChI=1S/C15H19FO3S/c16-12-4-3-5-14(10-12)20(17,18)11-13-6-9-15(19-13)7-1-2-8-15/h3-5,10,13H,1-2,6-9,11H2. The third kappa shape index (κ3) is 2.74. The van der Waals surface area contributed by atoms with Crippen LogP contribution in [-0.4, -0.2) is 25.9 Å². The van der Waals surface area contributed by atoms with Crippen molar-refractivity contribution in [3.63, 3.8) is 0 Å². The normalized spacial score (nSPS) is 25.4. The molecule has 0 radical (unpaired) electrons. The second-order valence-corrected chi connectivity index (χ2v) is 7.94. The summed E-state index contributed by atoms with van der Waals surface area (Å²) < 4.78 is 43.8. The molecule has 5 heteroatoms. The van der Waals surface area contributed by atoms with Gasteiger partial charge in [0.25, 0.3) is 0 Å². The molecule has 3 nitrogen and oxygen atoms in total. The molecule has 1 aliphatic heterocycles. The highest BCUT2D eigenvalue weighted by Crippen LogP contribution is 2.43. The number of hydrogen-bond donors (Lipinski definition) is 0. The monoisotopic (exact) mass is 298 g/mol. The van der Waals surface area contributed by atoms with E-state index in [1.54, 1.807) is 0 Å². The Morgan fingerprint density at radius 1 is 1.25 bits per heavy atom. The number of ether oxygens (including phenoxy) is 1. The van der Waals surface area contributed by atoms with E-state index in [0.29, 0.717) is 0 Å². The molecule has 1 spiro atoms. The van der Waals surface area contributed by atoms with Crippen LogP contribution in [0.4, 0.5) is 4.39 Å². The molecule has 0 bridgehead atoms. The summed E-state index contributed by atoms with van der Waals surface area (Å²) in [6.07, 6.45) is 5.92. The Labute approximate surface area is 119 Å².